The molecule has 0 spiro atoms. The van der Waals surface area contributed by atoms with E-state index in [2.05, 4.69) is 187 Å². The van der Waals surface area contributed by atoms with E-state index < -0.39 is 0 Å². The normalized spacial score (nSPS) is 12.8. The molecule has 0 radical (unpaired) electrons. The highest BCUT2D eigenvalue weighted by molar-refractivity contribution is 7.00. The van der Waals surface area contributed by atoms with Gasteiger partial charge >= 0.3 is 0 Å². The van der Waals surface area contributed by atoms with Crippen LogP contribution in [0, 0.1) is 6.92 Å². The van der Waals surface area contributed by atoms with Gasteiger partial charge in [0, 0.05) is 77.9 Å². The average molecular weight is 899 g/mol. The molecule has 6 heterocycles. The Hall–Kier alpha value is -9.20. The summed E-state index contributed by atoms with van der Waals surface area (Å²) in [4.78, 5) is 4.90. The van der Waals surface area contributed by atoms with Gasteiger partial charge in [-0.05, 0) is 126 Å². The summed E-state index contributed by atoms with van der Waals surface area (Å²) in [6, 6.07) is 77.3. The summed E-state index contributed by atoms with van der Waals surface area (Å²) in [5.74, 6) is 3.30. The van der Waals surface area contributed by atoms with Crippen LogP contribution in [-0.2, 0) is 0 Å². The minimum atomic E-state index is -0.116. The maximum atomic E-state index is 6.57. The van der Waals surface area contributed by atoms with Gasteiger partial charge in [0.25, 0.3) is 6.71 Å². The molecule has 0 N–H and O–H groups in total. The first-order valence-electron chi connectivity index (χ1n) is 23.7. The average Bonchev–Trinajstić information content (AvgIpc) is 4.23. The van der Waals surface area contributed by atoms with Crippen molar-refractivity contribution in [3.63, 3.8) is 0 Å². The SMILES string of the molecule is Cc1cc2c3c(c1)N(c1cccc(-c4cc5ccccc5o4)c1)c1cc(-c4cc5ccccc5o4)ccc1B3c1ccc(-c3cc4ccccc4o3)cc1N2c1cccc(-c2cc3ccccc3o2)c1. The molecule has 7 heteroatoms. The highest BCUT2D eigenvalue weighted by atomic mass is 16.3. The first kappa shape index (κ1) is 38.9. The van der Waals surface area contributed by atoms with Crippen molar-refractivity contribution in [2.75, 3.05) is 9.80 Å². The van der Waals surface area contributed by atoms with E-state index in [4.69, 9.17) is 17.7 Å². The molecule has 70 heavy (non-hydrogen) atoms. The van der Waals surface area contributed by atoms with Crippen molar-refractivity contribution < 1.29 is 17.7 Å². The molecule has 0 atom stereocenters. The molecule has 0 saturated heterocycles. The Labute approximate surface area is 402 Å². The first-order valence-corrected chi connectivity index (χ1v) is 23.7. The molecule has 2 aliphatic rings. The van der Waals surface area contributed by atoms with E-state index in [1.807, 2.05) is 48.5 Å². The monoisotopic (exact) mass is 898 g/mol. The Morgan fingerprint density at radius 2 is 0.671 bits per heavy atom. The zero-order valence-electron chi connectivity index (χ0n) is 37.9. The van der Waals surface area contributed by atoms with Gasteiger partial charge in [-0.1, -0.05) is 121 Å². The van der Waals surface area contributed by atoms with Gasteiger partial charge in [0.2, 0.25) is 0 Å². The highest BCUT2D eigenvalue weighted by Gasteiger charge is 2.44. The Morgan fingerprint density at radius 3 is 1.04 bits per heavy atom. The molecule has 13 aromatic rings. The Balaban J connectivity index is 0.979. The fraction of sp³-hybridized carbons (Fsp3) is 0.0159. The third kappa shape index (κ3) is 6.01. The molecule has 0 amide bonds. The van der Waals surface area contributed by atoms with E-state index in [1.165, 1.54) is 16.4 Å². The zero-order valence-corrected chi connectivity index (χ0v) is 37.9. The van der Waals surface area contributed by atoms with Gasteiger partial charge in [-0.3, -0.25) is 0 Å². The van der Waals surface area contributed by atoms with Crippen LogP contribution < -0.4 is 26.2 Å². The number of rotatable bonds is 6. The number of aryl methyl sites for hydroxylation is 1. The second-order valence-corrected chi connectivity index (χ2v) is 18.6. The van der Waals surface area contributed by atoms with Gasteiger partial charge in [-0.2, -0.15) is 0 Å². The lowest BCUT2D eigenvalue weighted by molar-refractivity contribution is 0.631. The Morgan fingerprint density at radius 1 is 0.314 bits per heavy atom. The minimum Gasteiger partial charge on any atom is -0.456 e. The van der Waals surface area contributed by atoms with E-state index in [-0.39, 0.29) is 6.71 Å². The molecule has 4 aromatic heterocycles. The summed E-state index contributed by atoms with van der Waals surface area (Å²) >= 11 is 0. The van der Waals surface area contributed by atoms with Crippen molar-refractivity contribution in [2.24, 2.45) is 0 Å². The number of nitrogens with zero attached hydrogens (tertiary/aromatic N) is 2. The van der Waals surface area contributed by atoms with E-state index in [1.54, 1.807) is 0 Å². The number of anilines is 6. The molecule has 0 saturated carbocycles. The second kappa shape index (κ2) is 14.9. The van der Waals surface area contributed by atoms with Crippen LogP contribution in [0.15, 0.2) is 236 Å². The van der Waals surface area contributed by atoms with Gasteiger partial charge in [-0.25, -0.2) is 0 Å². The maximum Gasteiger partial charge on any atom is 0.252 e. The molecule has 328 valence electrons. The van der Waals surface area contributed by atoms with Crippen LogP contribution in [0.5, 0.6) is 0 Å². The van der Waals surface area contributed by atoms with Crippen molar-refractivity contribution >= 4 is 101 Å². The topological polar surface area (TPSA) is 59.0 Å². The lowest BCUT2D eigenvalue weighted by atomic mass is 9.33. The number of fused-ring (bicyclic) bond motifs is 8. The maximum absolute atomic E-state index is 6.57. The molecular weight excluding hydrogens is 860 g/mol. The van der Waals surface area contributed by atoms with Crippen LogP contribution >= 0.6 is 0 Å². The zero-order chi connectivity index (χ0) is 46.0. The number of furan rings is 4. The van der Waals surface area contributed by atoms with Crippen molar-refractivity contribution in [3.05, 3.63) is 224 Å². The molecule has 0 bridgehead atoms. The third-order valence-corrected chi connectivity index (χ3v) is 14.3. The molecular formula is C63H39BN2O4. The quantitative estimate of drug-likeness (QED) is 0.155. The van der Waals surface area contributed by atoms with Crippen LogP contribution in [0.2, 0.25) is 0 Å². The smallest absolute Gasteiger partial charge is 0.252 e. The van der Waals surface area contributed by atoms with E-state index in [0.29, 0.717) is 0 Å². The highest BCUT2D eigenvalue weighted by Crippen LogP contribution is 2.48. The van der Waals surface area contributed by atoms with Gasteiger partial charge in [0.05, 0.1) is 0 Å². The predicted molar refractivity (Wildman–Crippen MR) is 286 cm³/mol. The van der Waals surface area contributed by atoms with Crippen molar-refractivity contribution in [2.45, 2.75) is 6.92 Å². The molecule has 15 rings (SSSR count). The molecule has 0 aliphatic carbocycles. The summed E-state index contributed by atoms with van der Waals surface area (Å²) in [6.45, 7) is 2.09. The van der Waals surface area contributed by atoms with E-state index in [9.17, 15) is 0 Å². The van der Waals surface area contributed by atoms with Gasteiger partial charge in [-0.15, -0.1) is 0 Å². The van der Waals surface area contributed by atoms with Gasteiger partial charge in [0.1, 0.15) is 45.4 Å². The van der Waals surface area contributed by atoms with Gasteiger partial charge in [0.15, 0.2) is 0 Å². The molecule has 2 aliphatic heterocycles. The summed E-state index contributed by atoms with van der Waals surface area (Å²) in [7, 11) is 0. The molecule has 6 nitrogen and oxygen atoms in total. The Bertz CT molecular complexity index is 3860. The van der Waals surface area contributed by atoms with Crippen LogP contribution in [0.4, 0.5) is 34.1 Å². The van der Waals surface area contributed by atoms with Crippen LogP contribution in [0.1, 0.15) is 5.56 Å². The number of benzene rings is 9. The molecule has 9 aromatic carbocycles. The summed E-state index contributed by atoms with van der Waals surface area (Å²) in [5, 5.41) is 4.29. The fourth-order valence-corrected chi connectivity index (χ4v) is 11.1. The van der Waals surface area contributed by atoms with E-state index >= 15 is 0 Å². The number of hydrogen-bond donors (Lipinski definition) is 0. The van der Waals surface area contributed by atoms with Crippen molar-refractivity contribution in [1.82, 2.24) is 0 Å². The van der Waals surface area contributed by atoms with Gasteiger partial charge < -0.3 is 27.5 Å². The summed E-state index contributed by atoms with van der Waals surface area (Å²) in [6.07, 6.45) is 0. The summed E-state index contributed by atoms with van der Waals surface area (Å²) in [5.41, 5.74) is 18.7. The van der Waals surface area contributed by atoms with Crippen LogP contribution in [0.25, 0.3) is 89.2 Å². The minimum absolute atomic E-state index is 0.116. The standard InChI is InChI=1S/C63H39BN2O4/c1-38-28-53-63-54(29-38)66(48-19-11-17-40(31-48)60-35-42-13-3-7-21-56(42)68-60)52-33-46(62-37-44-15-5-9-23-58(44)70-62)25-27-50(52)64(63)49-26-24-45(61-36-43-14-4-8-22-57(43)69-61)32-51(49)65(53)47-18-10-16-39(30-47)59-34-41-12-2-6-20-55(41)67-59/h2-37H,1H3. The first-order chi connectivity index (χ1) is 34.5. The molecule has 0 fully saturated rings. The number of para-hydroxylation sites is 4. The second-order valence-electron chi connectivity index (χ2n) is 18.6. The third-order valence-electron chi connectivity index (χ3n) is 14.3. The lowest BCUT2D eigenvalue weighted by Crippen LogP contribution is -2.61. The predicted octanol–water partition coefficient (Wildman–Crippen LogP) is 15.7. The number of hydrogen-bond acceptors (Lipinski definition) is 6. The van der Waals surface area contributed by atoms with Crippen molar-refractivity contribution in [1.29, 1.82) is 0 Å². The Kier molecular flexibility index (Phi) is 8.27. The molecule has 0 unspecified atom stereocenters. The van der Waals surface area contributed by atoms with Crippen LogP contribution in [0.3, 0.4) is 0 Å². The van der Waals surface area contributed by atoms with Crippen molar-refractivity contribution in [3.8, 4) is 45.3 Å². The summed E-state index contributed by atoms with van der Waals surface area (Å²) < 4.78 is 26.1. The van der Waals surface area contributed by atoms with Crippen LogP contribution in [-0.4, -0.2) is 6.71 Å². The lowest BCUT2D eigenvalue weighted by Gasteiger charge is -2.44. The van der Waals surface area contributed by atoms with E-state index in [0.717, 1.165) is 129 Å². The largest absolute Gasteiger partial charge is 0.456 e. The fourth-order valence-electron chi connectivity index (χ4n) is 11.1.